The fourth-order valence-electron chi connectivity index (χ4n) is 7.33. The van der Waals surface area contributed by atoms with Crippen LogP contribution in [-0.4, -0.2) is 256 Å². The van der Waals surface area contributed by atoms with Crippen molar-refractivity contribution in [1.29, 1.82) is 0 Å². The van der Waals surface area contributed by atoms with Gasteiger partial charge in [-0.05, 0) is 107 Å². The van der Waals surface area contributed by atoms with Crippen LogP contribution < -0.4 is 10.1 Å². The van der Waals surface area contributed by atoms with E-state index in [4.69, 9.17) is 77.8 Å². The fraction of sp³-hybridized carbons (Fsp3) is 0.307. The van der Waals surface area contributed by atoms with Gasteiger partial charge in [-0.15, -0.1) is 0 Å². The second-order valence-corrected chi connectivity index (χ2v) is 29.7. The molecule has 0 aromatic heterocycles. The lowest BCUT2D eigenvalue weighted by Crippen LogP contribution is -2.29. The molecule has 0 spiro atoms. The lowest BCUT2D eigenvalue weighted by atomic mass is 9.90. The number of hydrogen-bond acceptors (Lipinski definition) is 36. The standard InChI is InChI=1S/C14H14O6.C13H19NO6.C13H14O5.C11H12O2.C10H14O6.C10H10O2.C8H14O4S.C6H8O4.C5H8O2.2C4H6O2.C3H4O2/c1-9(2)13(17)19-7-8-20-14(18)11-6-4-3-5-10(11)12(15)16;1-9(2)11(15)18-6-5-14-13(17)20-8-7-19-12(16)10(3)4;1-2-12(14)18-9-3-8-17-11-6-4-10(5-7-11)13(15)16;1-9(2)11(12)13-8-10-6-4-3-5-7-10;1-7(2)10(14)16-6-5-15-9(13)4-3-8(11)12;1-2-10(11)12-8-9-6-4-3-5-7-9;1-4-7(9)5-8(2,3)6-13(10,11)12;1-2-6(9)10-4-3-5(7)8;1-4(2)5(6)7-3;1-3-4(5)6-2;1-3(2)4(5)6;1-2-3(4)5/h3-6H,1,7-8H2,2H3,(H,15,16);1,3,5-8H2,2,4H3,(H,14,17);2,4-7H,1,3,8-9H2,(H,15,16);3-7H,1,8H2,2H3;1,3-6H2,2H3,(H,11,12);2-7H,1,8H2;4H,1,5-6H2,2-3H3,(H,10,11,12);2H,1,3-4H2,(H,7,8);1H2,2-3H3;3H,1H2,2H3;1H2,2H3,(H,5,6);2H,1H2,(H,4,5). The molecule has 1 amide bonds. The Kier molecular flexibility index (Phi) is 87.8. The van der Waals surface area contributed by atoms with E-state index in [9.17, 15) is 104 Å². The Morgan fingerprint density at radius 1 is 0.363 bits per heavy atom. The van der Waals surface area contributed by atoms with Crippen molar-refractivity contribution in [2.24, 2.45) is 5.41 Å². The molecule has 8 N–H and O–H groups in total. The Bertz CT molecular complexity index is 5080. The summed E-state index contributed by atoms with van der Waals surface area (Å²) in [5, 5.41) is 51.9. The maximum Gasteiger partial charge on any atom is 0.407 e. The van der Waals surface area contributed by atoms with E-state index in [2.05, 4.69) is 115 Å². The number of ketones is 1. The van der Waals surface area contributed by atoms with Gasteiger partial charge in [-0.25, -0.2) is 76.7 Å². The zero-order valence-electron chi connectivity index (χ0n) is 83.2. The summed E-state index contributed by atoms with van der Waals surface area (Å²) in [5.41, 5.74) is 3.33. The Morgan fingerprint density at radius 2 is 0.726 bits per heavy atom. The van der Waals surface area contributed by atoms with Crippen LogP contribution in [0.25, 0.3) is 0 Å². The summed E-state index contributed by atoms with van der Waals surface area (Å²) in [5.74, 6) is -12.4. The minimum atomic E-state index is -4.02. The first-order valence-electron chi connectivity index (χ1n) is 41.9. The quantitative estimate of drug-likeness (QED) is 0.00669. The summed E-state index contributed by atoms with van der Waals surface area (Å²) in [6, 6.07) is 30.9. The number of nitrogens with one attached hydrogen (secondary N) is 1. The highest BCUT2D eigenvalue weighted by Crippen LogP contribution is 2.23. The summed E-state index contributed by atoms with van der Waals surface area (Å²) >= 11 is 0. The molecule has 0 radical (unpaired) electrons. The van der Waals surface area contributed by atoms with Crippen LogP contribution in [0.1, 0.15) is 137 Å². The lowest BCUT2D eigenvalue weighted by molar-refractivity contribution is -0.151. The van der Waals surface area contributed by atoms with E-state index in [-0.39, 0.29) is 160 Å². The number of hydrogen-bond donors (Lipinski definition) is 8. The largest absolute Gasteiger partial charge is 0.493 e. The maximum atomic E-state index is 11.7. The van der Waals surface area contributed by atoms with Crippen LogP contribution in [0.2, 0.25) is 0 Å². The molecule has 0 aliphatic carbocycles. The second-order valence-electron chi connectivity index (χ2n) is 28.3. The first kappa shape index (κ1) is 144. The Labute approximate surface area is 846 Å². The molecule has 0 atom stereocenters. The van der Waals surface area contributed by atoms with Crippen LogP contribution in [0.3, 0.4) is 0 Å². The highest BCUT2D eigenvalue weighted by Gasteiger charge is 2.27. The van der Waals surface area contributed by atoms with Crippen molar-refractivity contribution in [2.45, 2.75) is 108 Å². The number of ether oxygens (including phenoxy) is 14. The Balaban J connectivity index is -0.000000242. The molecular formula is C101H129NO43S. The van der Waals surface area contributed by atoms with Gasteiger partial charge in [0.25, 0.3) is 10.1 Å². The minimum Gasteiger partial charge on any atom is -0.493 e. The number of carboxylic acids is 6. The molecule has 146 heavy (non-hydrogen) atoms. The lowest BCUT2D eigenvalue weighted by Gasteiger charge is -2.20. The third-order valence-corrected chi connectivity index (χ3v) is 15.4. The van der Waals surface area contributed by atoms with Crippen LogP contribution in [0.4, 0.5) is 4.79 Å². The Hall–Kier alpha value is -17.4. The SMILES string of the molecule is C=C(C)C(=O)O.C=C(C)C(=O)OC.C=C(C)C(=O)OCCNC(=O)OCCOC(=O)C(=C)C.C=C(C)C(=O)OCCOC(=O)CCC(=O)O.C=C(C)C(=O)OCCOC(=O)c1ccccc1C(=O)O.C=C(C)C(=O)OCc1ccccc1.C=CC(=O)CC(C)(C)CS(=O)(=O)O.C=CC(=O)O.C=CC(=O)OC.C=CC(=O)OCCC(=O)O.C=CC(=O)OCCCOc1ccc(C(=O)O)cc1.C=CC(=O)OCc1ccccc1. The van der Waals surface area contributed by atoms with Crippen molar-refractivity contribution in [3.63, 3.8) is 0 Å². The predicted octanol–water partition coefficient (Wildman–Crippen LogP) is 12.5. The molecular weight excluding hydrogens is 1950 g/mol. The van der Waals surface area contributed by atoms with Gasteiger partial charge in [-0.3, -0.25) is 23.7 Å². The first-order valence-corrected chi connectivity index (χ1v) is 43.5. The molecule has 0 fully saturated rings. The van der Waals surface area contributed by atoms with Gasteiger partial charge in [0.1, 0.15) is 71.8 Å². The van der Waals surface area contributed by atoms with Crippen LogP contribution in [0, 0.1) is 5.41 Å². The smallest absolute Gasteiger partial charge is 0.407 e. The third kappa shape index (κ3) is 96.9. The second kappa shape index (κ2) is 89.0. The molecule has 45 heteroatoms. The van der Waals surface area contributed by atoms with Crippen LogP contribution >= 0.6 is 0 Å². The van der Waals surface area contributed by atoms with Crippen molar-refractivity contribution in [3.05, 3.63) is 298 Å². The molecule has 4 aromatic rings. The monoisotopic (exact) mass is 2080 g/mol. The molecule has 4 rings (SSSR count). The summed E-state index contributed by atoms with van der Waals surface area (Å²) in [4.78, 5) is 212. The van der Waals surface area contributed by atoms with Gasteiger partial charge in [-0.1, -0.05) is 172 Å². The number of allylic oxidation sites excluding steroid dienone is 1. The number of amides is 1. The zero-order valence-corrected chi connectivity index (χ0v) is 84.0. The van der Waals surface area contributed by atoms with Crippen LogP contribution in [0.15, 0.2) is 270 Å². The fourth-order valence-corrected chi connectivity index (χ4v) is 8.42. The first-order chi connectivity index (χ1) is 68.1. The average molecular weight is 2080 g/mol. The van der Waals surface area contributed by atoms with Crippen molar-refractivity contribution in [2.75, 3.05) is 92.6 Å². The minimum absolute atomic E-state index is 0.0193. The number of carbonyl (C=O) groups is 20. The third-order valence-electron chi connectivity index (χ3n) is 14.2. The number of aliphatic carboxylic acids is 4. The molecule has 44 nitrogen and oxygen atoms in total. The van der Waals surface area contributed by atoms with Crippen molar-refractivity contribution < 1.29 is 206 Å². The van der Waals surface area contributed by atoms with E-state index < -0.39 is 117 Å². The number of alkyl carbamates (subject to hydrolysis) is 1. The molecule has 0 unspecified atom stereocenters. The summed E-state index contributed by atoms with van der Waals surface area (Å²) in [6.07, 6.45) is 5.63. The van der Waals surface area contributed by atoms with Gasteiger partial charge in [0.2, 0.25) is 0 Å². The number of carbonyl (C=O) groups excluding carboxylic acids is 14. The topological polar surface area (TPSA) is 658 Å². The zero-order chi connectivity index (χ0) is 114. The van der Waals surface area contributed by atoms with Gasteiger partial charge in [0, 0.05) is 82.2 Å². The van der Waals surface area contributed by atoms with Crippen molar-refractivity contribution >= 4 is 129 Å². The number of carboxylic acid groups (broad SMARTS) is 6. The normalized spacial score (nSPS) is 9.23. The molecule has 802 valence electrons. The number of benzene rings is 4. The average Bonchev–Trinajstić information content (AvgIpc) is 0.871. The maximum absolute atomic E-state index is 11.7. The van der Waals surface area contributed by atoms with E-state index in [1.165, 1.54) is 85.2 Å². The highest BCUT2D eigenvalue weighted by molar-refractivity contribution is 7.85. The number of rotatable bonds is 47. The number of esters is 12. The van der Waals surface area contributed by atoms with E-state index in [1.54, 1.807) is 39.8 Å². The molecule has 0 aliphatic rings. The van der Waals surface area contributed by atoms with Gasteiger partial charge < -0.3 is 102 Å². The van der Waals surface area contributed by atoms with E-state index in [0.29, 0.717) is 43.1 Å². The van der Waals surface area contributed by atoms with Gasteiger partial charge in [-0.2, -0.15) is 8.42 Å². The molecule has 0 aliphatic heterocycles. The van der Waals surface area contributed by atoms with Crippen LogP contribution in [0.5, 0.6) is 5.75 Å². The molecule has 0 heterocycles. The molecule has 0 bridgehead atoms. The predicted molar refractivity (Wildman–Crippen MR) is 529 cm³/mol. The van der Waals surface area contributed by atoms with Crippen molar-refractivity contribution in [1.82, 2.24) is 5.32 Å². The molecule has 0 saturated heterocycles. The van der Waals surface area contributed by atoms with E-state index in [1.807, 2.05) is 60.7 Å². The summed E-state index contributed by atoms with van der Waals surface area (Å²) in [6.45, 7) is 57.4. The molecule has 4 aromatic carbocycles. The van der Waals surface area contributed by atoms with Gasteiger partial charge in [0.15, 0.2) is 5.78 Å². The highest BCUT2D eigenvalue weighted by atomic mass is 32.2. The van der Waals surface area contributed by atoms with Crippen LogP contribution in [-0.2, 0) is 162 Å². The summed E-state index contributed by atoms with van der Waals surface area (Å²) < 4.78 is 95.3. The van der Waals surface area contributed by atoms with Gasteiger partial charge in [0.05, 0.1) is 75.7 Å². The Morgan fingerprint density at radius 3 is 1.07 bits per heavy atom. The van der Waals surface area contributed by atoms with Crippen molar-refractivity contribution in [3.8, 4) is 5.75 Å². The number of methoxy groups -OCH3 is 2. The number of aromatic carboxylic acids is 2. The van der Waals surface area contributed by atoms with E-state index in [0.717, 1.165) is 47.6 Å². The summed E-state index contributed by atoms with van der Waals surface area (Å²) in [7, 11) is -1.38. The molecule has 0 saturated carbocycles. The van der Waals surface area contributed by atoms with E-state index >= 15 is 0 Å². The van der Waals surface area contributed by atoms with Gasteiger partial charge >= 0.3 is 114 Å².